The Kier molecular flexibility index (Phi) is 6.28. The van der Waals surface area contributed by atoms with Crippen molar-refractivity contribution >= 4 is 11.6 Å². The summed E-state index contributed by atoms with van der Waals surface area (Å²) in [6.45, 7) is 0.292. The SMILES string of the molecule is FC(F)(F)c1ccc(Oc2ccc(COc3ccc(Cl)cc3-c3ccccn3)cc2)nc1. The second-order valence-electron chi connectivity index (χ2n) is 6.77. The molecular formula is C24H16ClF3N2O2. The Morgan fingerprint density at radius 1 is 0.875 bits per heavy atom. The molecule has 0 fully saturated rings. The molecule has 8 heteroatoms. The molecule has 0 unspecified atom stereocenters. The number of hydrogen-bond donors (Lipinski definition) is 0. The highest BCUT2D eigenvalue weighted by molar-refractivity contribution is 6.30. The van der Waals surface area contributed by atoms with Crippen molar-refractivity contribution in [2.75, 3.05) is 0 Å². The van der Waals surface area contributed by atoms with Crippen molar-refractivity contribution in [1.82, 2.24) is 9.97 Å². The third-order valence-electron chi connectivity index (χ3n) is 4.49. The first-order valence-corrected chi connectivity index (χ1v) is 9.90. The molecule has 0 aliphatic heterocycles. The molecule has 2 heterocycles. The number of ether oxygens (including phenoxy) is 2. The number of aromatic nitrogens is 2. The molecule has 0 saturated carbocycles. The van der Waals surface area contributed by atoms with Gasteiger partial charge >= 0.3 is 6.18 Å². The van der Waals surface area contributed by atoms with Gasteiger partial charge in [0.05, 0.1) is 11.3 Å². The first kappa shape index (κ1) is 21.6. The van der Waals surface area contributed by atoms with E-state index in [0.717, 1.165) is 29.1 Å². The lowest BCUT2D eigenvalue weighted by Gasteiger charge is -2.12. The molecule has 0 spiro atoms. The van der Waals surface area contributed by atoms with Crippen LogP contribution in [0.25, 0.3) is 11.3 Å². The van der Waals surface area contributed by atoms with E-state index < -0.39 is 11.7 Å². The summed E-state index contributed by atoms with van der Waals surface area (Å²) in [5, 5.41) is 0.580. The summed E-state index contributed by atoms with van der Waals surface area (Å²) in [6.07, 6.45) is -2.00. The van der Waals surface area contributed by atoms with Crippen LogP contribution < -0.4 is 9.47 Å². The molecule has 0 N–H and O–H groups in total. The Labute approximate surface area is 187 Å². The summed E-state index contributed by atoms with van der Waals surface area (Å²) in [6, 6.07) is 20.0. The van der Waals surface area contributed by atoms with Crippen LogP contribution >= 0.6 is 11.6 Å². The van der Waals surface area contributed by atoms with E-state index in [0.29, 0.717) is 23.1 Å². The van der Waals surface area contributed by atoms with E-state index in [4.69, 9.17) is 21.1 Å². The molecule has 4 aromatic rings. The molecule has 162 valence electrons. The molecule has 0 aliphatic rings. The second-order valence-corrected chi connectivity index (χ2v) is 7.21. The van der Waals surface area contributed by atoms with Gasteiger partial charge in [-0.2, -0.15) is 13.2 Å². The summed E-state index contributed by atoms with van der Waals surface area (Å²) in [5.74, 6) is 1.16. The molecule has 0 aliphatic carbocycles. The quantitative estimate of drug-likeness (QED) is 0.308. The summed E-state index contributed by atoms with van der Waals surface area (Å²) in [4.78, 5) is 8.05. The van der Waals surface area contributed by atoms with E-state index >= 15 is 0 Å². The van der Waals surface area contributed by atoms with Gasteiger partial charge in [0.1, 0.15) is 18.1 Å². The molecule has 0 radical (unpaired) electrons. The smallest absolute Gasteiger partial charge is 0.417 e. The minimum atomic E-state index is -4.44. The zero-order valence-electron chi connectivity index (χ0n) is 16.5. The lowest BCUT2D eigenvalue weighted by atomic mass is 10.1. The van der Waals surface area contributed by atoms with Crippen LogP contribution in [-0.2, 0) is 12.8 Å². The minimum Gasteiger partial charge on any atom is -0.488 e. The first-order valence-electron chi connectivity index (χ1n) is 9.52. The van der Waals surface area contributed by atoms with Gasteiger partial charge in [0.15, 0.2) is 0 Å². The van der Waals surface area contributed by atoms with Crippen molar-refractivity contribution in [2.24, 2.45) is 0 Å². The largest absolute Gasteiger partial charge is 0.488 e. The van der Waals surface area contributed by atoms with Gasteiger partial charge in [0, 0.05) is 29.0 Å². The molecule has 2 aromatic carbocycles. The zero-order valence-corrected chi connectivity index (χ0v) is 17.3. The van der Waals surface area contributed by atoms with E-state index in [1.807, 2.05) is 18.2 Å². The van der Waals surface area contributed by atoms with E-state index in [1.165, 1.54) is 6.07 Å². The fraction of sp³-hybridized carbons (Fsp3) is 0.0833. The molecule has 2 aromatic heterocycles. The number of hydrogen-bond acceptors (Lipinski definition) is 4. The fourth-order valence-electron chi connectivity index (χ4n) is 2.89. The summed E-state index contributed by atoms with van der Waals surface area (Å²) < 4.78 is 49.4. The van der Waals surface area contributed by atoms with E-state index in [1.54, 1.807) is 48.7 Å². The van der Waals surface area contributed by atoms with Crippen LogP contribution in [0.15, 0.2) is 85.2 Å². The fourth-order valence-corrected chi connectivity index (χ4v) is 3.07. The average molecular weight is 457 g/mol. The van der Waals surface area contributed by atoms with Crippen molar-refractivity contribution < 1.29 is 22.6 Å². The van der Waals surface area contributed by atoms with Crippen molar-refractivity contribution in [3.05, 3.63) is 101 Å². The molecule has 32 heavy (non-hydrogen) atoms. The normalized spacial score (nSPS) is 11.2. The van der Waals surface area contributed by atoms with Gasteiger partial charge in [0.25, 0.3) is 0 Å². The van der Waals surface area contributed by atoms with Gasteiger partial charge in [-0.1, -0.05) is 29.8 Å². The van der Waals surface area contributed by atoms with E-state index in [2.05, 4.69) is 9.97 Å². The predicted octanol–water partition coefficient (Wildman–Crippen LogP) is 7.19. The highest BCUT2D eigenvalue weighted by Gasteiger charge is 2.30. The van der Waals surface area contributed by atoms with Gasteiger partial charge in [-0.25, -0.2) is 4.98 Å². The number of pyridine rings is 2. The van der Waals surface area contributed by atoms with Crippen molar-refractivity contribution in [3.8, 4) is 28.6 Å². The number of rotatable bonds is 6. The first-order chi connectivity index (χ1) is 15.4. The summed E-state index contributed by atoms with van der Waals surface area (Å²) >= 11 is 6.14. The Bertz CT molecular complexity index is 1180. The molecular weight excluding hydrogens is 441 g/mol. The van der Waals surface area contributed by atoms with Crippen LogP contribution in [-0.4, -0.2) is 9.97 Å². The van der Waals surface area contributed by atoms with Crippen LogP contribution in [0.3, 0.4) is 0 Å². The maximum atomic E-state index is 12.6. The van der Waals surface area contributed by atoms with Gasteiger partial charge in [-0.15, -0.1) is 0 Å². The number of benzene rings is 2. The second kappa shape index (κ2) is 9.28. The average Bonchev–Trinajstić information content (AvgIpc) is 2.79. The lowest BCUT2D eigenvalue weighted by molar-refractivity contribution is -0.137. The van der Waals surface area contributed by atoms with Gasteiger partial charge < -0.3 is 9.47 Å². The van der Waals surface area contributed by atoms with Crippen LogP contribution in [0, 0.1) is 0 Å². The monoisotopic (exact) mass is 456 g/mol. The number of halogens is 4. The maximum absolute atomic E-state index is 12.6. The summed E-state index contributed by atoms with van der Waals surface area (Å²) in [5.41, 5.74) is 1.58. The number of alkyl halides is 3. The highest BCUT2D eigenvalue weighted by atomic mass is 35.5. The molecule has 0 bridgehead atoms. The van der Waals surface area contributed by atoms with Crippen molar-refractivity contribution in [3.63, 3.8) is 0 Å². The third-order valence-corrected chi connectivity index (χ3v) is 4.72. The lowest BCUT2D eigenvalue weighted by Crippen LogP contribution is -2.05. The maximum Gasteiger partial charge on any atom is 0.417 e. The molecule has 4 nitrogen and oxygen atoms in total. The van der Waals surface area contributed by atoms with Gasteiger partial charge in [0.2, 0.25) is 5.88 Å². The van der Waals surface area contributed by atoms with Gasteiger partial charge in [-0.3, -0.25) is 4.98 Å². The topological polar surface area (TPSA) is 44.2 Å². The van der Waals surface area contributed by atoms with Gasteiger partial charge in [-0.05, 0) is 54.1 Å². The standard InChI is InChI=1S/C24H16ClF3N2O2/c25-18-7-10-22(20(13-18)21-3-1-2-12-29-21)31-15-16-4-8-19(9-5-16)32-23-11-6-17(14-30-23)24(26,27)28/h1-14H,15H2. The van der Waals surface area contributed by atoms with Crippen LogP contribution in [0.1, 0.15) is 11.1 Å². The van der Waals surface area contributed by atoms with Crippen molar-refractivity contribution in [1.29, 1.82) is 0 Å². The minimum absolute atomic E-state index is 0.0724. The van der Waals surface area contributed by atoms with Crippen LogP contribution in [0.5, 0.6) is 17.4 Å². The Morgan fingerprint density at radius 2 is 1.69 bits per heavy atom. The van der Waals surface area contributed by atoms with E-state index in [9.17, 15) is 13.2 Å². The number of nitrogens with zero attached hydrogens (tertiary/aromatic N) is 2. The Hall–Kier alpha value is -3.58. The molecule has 0 saturated heterocycles. The molecule has 0 amide bonds. The Morgan fingerprint density at radius 3 is 2.34 bits per heavy atom. The predicted molar refractivity (Wildman–Crippen MR) is 115 cm³/mol. The Balaban J connectivity index is 1.42. The zero-order chi connectivity index (χ0) is 22.6. The van der Waals surface area contributed by atoms with Crippen LogP contribution in [0.2, 0.25) is 5.02 Å². The van der Waals surface area contributed by atoms with E-state index in [-0.39, 0.29) is 5.88 Å². The highest BCUT2D eigenvalue weighted by Crippen LogP contribution is 2.32. The third kappa shape index (κ3) is 5.36. The molecule has 4 rings (SSSR count). The van der Waals surface area contributed by atoms with Crippen LogP contribution in [0.4, 0.5) is 13.2 Å². The van der Waals surface area contributed by atoms with Crippen molar-refractivity contribution in [2.45, 2.75) is 12.8 Å². The summed E-state index contributed by atoms with van der Waals surface area (Å²) in [7, 11) is 0. The molecule has 0 atom stereocenters.